The number of para-hydroxylation sites is 2. The standard InChI is InChI=1S/C22H26N4O4S/c27-16-21-24-19-10-3-4-11-20(19)26(21)15-22(28)23-17-8-7-9-18(14-17)31(29,30)25-12-5-1-2-6-13-25/h3-4,7-11,14,27H,1-2,5-6,12-13,15-16H2,(H,23,28). The zero-order valence-corrected chi connectivity index (χ0v) is 18.0. The molecule has 1 saturated heterocycles. The number of nitrogens with one attached hydrogen (secondary N) is 1. The minimum Gasteiger partial charge on any atom is -0.388 e. The fourth-order valence-corrected chi connectivity index (χ4v) is 5.50. The van der Waals surface area contributed by atoms with Gasteiger partial charge in [0, 0.05) is 18.8 Å². The lowest BCUT2D eigenvalue weighted by Crippen LogP contribution is -2.32. The lowest BCUT2D eigenvalue weighted by atomic mass is 10.2. The van der Waals surface area contributed by atoms with Crippen molar-refractivity contribution in [2.24, 2.45) is 0 Å². The Kier molecular flexibility index (Phi) is 6.35. The highest BCUT2D eigenvalue weighted by molar-refractivity contribution is 7.89. The maximum absolute atomic E-state index is 13.0. The van der Waals surface area contributed by atoms with Crippen LogP contribution in [0, 0.1) is 0 Å². The first kappa shape index (κ1) is 21.5. The van der Waals surface area contributed by atoms with Crippen LogP contribution in [0.15, 0.2) is 53.4 Å². The first-order valence-electron chi connectivity index (χ1n) is 10.4. The Morgan fingerprint density at radius 2 is 1.77 bits per heavy atom. The van der Waals surface area contributed by atoms with E-state index in [9.17, 15) is 18.3 Å². The van der Waals surface area contributed by atoms with Crippen LogP contribution in [-0.2, 0) is 28.0 Å². The lowest BCUT2D eigenvalue weighted by Gasteiger charge is -2.20. The molecule has 0 radical (unpaired) electrons. The van der Waals surface area contributed by atoms with E-state index >= 15 is 0 Å². The predicted octanol–water partition coefficient (Wildman–Crippen LogP) is 2.73. The number of aromatic nitrogens is 2. The summed E-state index contributed by atoms with van der Waals surface area (Å²) in [5.41, 5.74) is 1.86. The Bertz CT molecular complexity index is 1180. The largest absolute Gasteiger partial charge is 0.388 e. The fraction of sp³-hybridized carbons (Fsp3) is 0.364. The Morgan fingerprint density at radius 1 is 1.03 bits per heavy atom. The predicted molar refractivity (Wildman–Crippen MR) is 118 cm³/mol. The van der Waals surface area contributed by atoms with E-state index in [0.717, 1.165) is 31.2 Å². The molecule has 1 amide bonds. The van der Waals surface area contributed by atoms with E-state index in [4.69, 9.17) is 0 Å². The second kappa shape index (κ2) is 9.17. The van der Waals surface area contributed by atoms with Gasteiger partial charge in [0.05, 0.1) is 15.9 Å². The van der Waals surface area contributed by atoms with Gasteiger partial charge in [-0.3, -0.25) is 4.79 Å². The van der Waals surface area contributed by atoms with Crippen molar-refractivity contribution in [1.29, 1.82) is 0 Å². The van der Waals surface area contributed by atoms with Crippen LogP contribution < -0.4 is 5.32 Å². The van der Waals surface area contributed by atoms with Crippen molar-refractivity contribution in [2.45, 2.75) is 43.7 Å². The number of nitrogens with zero attached hydrogens (tertiary/aromatic N) is 3. The van der Waals surface area contributed by atoms with E-state index in [1.54, 1.807) is 22.8 Å². The van der Waals surface area contributed by atoms with Crippen LogP contribution in [0.25, 0.3) is 11.0 Å². The minimum atomic E-state index is -3.60. The molecule has 0 unspecified atom stereocenters. The first-order valence-corrected chi connectivity index (χ1v) is 11.9. The van der Waals surface area contributed by atoms with Crippen molar-refractivity contribution in [2.75, 3.05) is 18.4 Å². The van der Waals surface area contributed by atoms with Gasteiger partial charge in [0.15, 0.2) is 0 Å². The second-order valence-electron chi connectivity index (χ2n) is 7.66. The molecule has 3 aromatic rings. The molecule has 8 nitrogen and oxygen atoms in total. The summed E-state index contributed by atoms with van der Waals surface area (Å²) in [5, 5.41) is 12.4. The number of aliphatic hydroxyl groups is 1. The van der Waals surface area contributed by atoms with Gasteiger partial charge in [-0.25, -0.2) is 13.4 Å². The number of rotatable bonds is 6. The maximum atomic E-state index is 13.0. The van der Waals surface area contributed by atoms with E-state index in [1.165, 1.54) is 10.4 Å². The smallest absolute Gasteiger partial charge is 0.244 e. The Morgan fingerprint density at radius 3 is 2.52 bits per heavy atom. The number of hydrogen-bond donors (Lipinski definition) is 2. The van der Waals surface area contributed by atoms with Crippen LogP contribution in [0.3, 0.4) is 0 Å². The molecule has 1 aromatic heterocycles. The first-order chi connectivity index (χ1) is 15.0. The topological polar surface area (TPSA) is 105 Å². The number of benzene rings is 2. The Labute approximate surface area is 181 Å². The highest BCUT2D eigenvalue weighted by Gasteiger charge is 2.25. The summed E-state index contributed by atoms with van der Waals surface area (Å²) >= 11 is 0. The van der Waals surface area contributed by atoms with Gasteiger partial charge < -0.3 is 15.0 Å². The third kappa shape index (κ3) is 4.63. The van der Waals surface area contributed by atoms with Gasteiger partial charge in [0.2, 0.25) is 15.9 Å². The van der Waals surface area contributed by atoms with Crippen LogP contribution in [0.5, 0.6) is 0 Å². The molecular weight excluding hydrogens is 416 g/mol. The number of aliphatic hydroxyl groups excluding tert-OH is 1. The van der Waals surface area contributed by atoms with Gasteiger partial charge in [0.25, 0.3) is 0 Å². The SMILES string of the molecule is O=C(Cn1c(CO)nc2ccccc21)Nc1cccc(S(=O)(=O)N2CCCCCC2)c1. The highest BCUT2D eigenvalue weighted by atomic mass is 32.2. The fourth-order valence-electron chi connectivity index (χ4n) is 3.93. The summed E-state index contributed by atoms with van der Waals surface area (Å²) < 4.78 is 29.3. The molecule has 1 aliphatic rings. The zero-order chi connectivity index (χ0) is 21.8. The van der Waals surface area contributed by atoms with Crippen LogP contribution in [-0.4, -0.2) is 46.4 Å². The number of fused-ring (bicyclic) bond motifs is 1. The van der Waals surface area contributed by atoms with E-state index < -0.39 is 10.0 Å². The average molecular weight is 443 g/mol. The van der Waals surface area contributed by atoms with E-state index in [1.807, 2.05) is 24.3 Å². The molecule has 0 aliphatic carbocycles. The van der Waals surface area contributed by atoms with Crippen molar-refractivity contribution in [1.82, 2.24) is 13.9 Å². The molecule has 2 aromatic carbocycles. The normalized spacial score (nSPS) is 15.6. The zero-order valence-electron chi connectivity index (χ0n) is 17.2. The molecule has 0 saturated carbocycles. The summed E-state index contributed by atoms with van der Waals surface area (Å²) in [6.45, 7) is 0.720. The number of amides is 1. The number of carbonyl (C=O) groups excluding carboxylic acids is 1. The van der Waals surface area contributed by atoms with Crippen molar-refractivity contribution >= 4 is 32.7 Å². The number of hydrogen-bond acceptors (Lipinski definition) is 5. The third-order valence-corrected chi connectivity index (χ3v) is 7.39. The van der Waals surface area contributed by atoms with Crippen LogP contribution in [0.1, 0.15) is 31.5 Å². The molecule has 2 heterocycles. The molecule has 0 atom stereocenters. The van der Waals surface area contributed by atoms with Crippen LogP contribution in [0.4, 0.5) is 5.69 Å². The van der Waals surface area contributed by atoms with Gasteiger partial charge >= 0.3 is 0 Å². The summed E-state index contributed by atoms with van der Waals surface area (Å²) in [6.07, 6.45) is 3.81. The molecule has 0 spiro atoms. The number of anilines is 1. The quantitative estimate of drug-likeness (QED) is 0.611. The van der Waals surface area contributed by atoms with Crippen molar-refractivity contribution in [3.63, 3.8) is 0 Å². The summed E-state index contributed by atoms with van der Waals surface area (Å²) in [6, 6.07) is 13.7. The minimum absolute atomic E-state index is 0.0422. The highest BCUT2D eigenvalue weighted by Crippen LogP contribution is 2.23. The van der Waals surface area contributed by atoms with Gasteiger partial charge in [-0.15, -0.1) is 0 Å². The number of imidazole rings is 1. The third-order valence-electron chi connectivity index (χ3n) is 5.50. The van der Waals surface area contributed by atoms with Gasteiger partial charge in [-0.05, 0) is 43.2 Å². The molecule has 9 heteroatoms. The van der Waals surface area contributed by atoms with Gasteiger partial charge in [-0.2, -0.15) is 4.31 Å². The van der Waals surface area contributed by atoms with Crippen molar-refractivity contribution in [3.05, 3.63) is 54.4 Å². The Hall–Kier alpha value is -2.75. The molecule has 0 bridgehead atoms. The van der Waals surface area contributed by atoms with Crippen molar-refractivity contribution < 1.29 is 18.3 Å². The van der Waals surface area contributed by atoms with E-state index in [-0.39, 0.29) is 24.0 Å². The monoisotopic (exact) mass is 442 g/mol. The van der Waals surface area contributed by atoms with Gasteiger partial charge in [-0.1, -0.05) is 31.0 Å². The van der Waals surface area contributed by atoms with Crippen LogP contribution >= 0.6 is 0 Å². The molecule has 164 valence electrons. The van der Waals surface area contributed by atoms with Gasteiger partial charge in [0.1, 0.15) is 19.0 Å². The Balaban J connectivity index is 1.52. The van der Waals surface area contributed by atoms with E-state index in [0.29, 0.717) is 30.1 Å². The summed E-state index contributed by atoms with van der Waals surface area (Å²) in [5.74, 6) is 0.0658. The number of carbonyl (C=O) groups is 1. The summed E-state index contributed by atoms with van der Waals surface area (Å²) in [7, 11) is -3.60. The number of sulfonamides is 1. The summed E-state index contributed by atoms with van der Waals surface area (Å²) in [4.78, 5) is 17.2. The molecule has 31 heavy (non-hydrogen) atoms. The van der Waals surface area contributed by atoms with Crippen LogP contribution in [0.2, 0.25) is 0 Å². The molecular formula is C22H26N4O4S. The maximum Gasteiger partial charge on any atom is 0.244 e. The molecule has 1 fully saturated rings. The molecule has 2 N–H and O–H groups in total. The average Bonchev–Trinajstić information content (AvgIpc) is 2.93. The molecule has 1 aliphatic heterocycles. The second-order valence-corrected chi connectivity index (χ2v) is 9.59. The lowest BCUT2D eigenvalue weighted by molar-refractivity contribution is -0.116. The molecule has 4 rings (SSSR count). The van der Waals surface area contributed by atoms with Crippen molar-refractivity contribution in [3.8, 4) is 0 Å². The van der Waals surface area contributed by atoms with E-state index in [2.05, 4.69) is 10.3 Å².